The van der Waals surface area contributed by atoms with Crippen molar-refractivity contribution in [2.45, 2.75) is 27.7 Å². The van der Waals surface area contributed by atoms with E-state index in [4.69, 9.17) is 11.6 Å². The lowest BCUT2D eigenvalue weighted by Gasteiger charge is -2.20. The number of hydrogen-bond acceptors (Lipinski definition) is 1. The lowest BCUT2D eigenvalue weighted by molar-refractivity contribution is 1.10. The van der Waals surface area contributed by atoms with Crippen molar-refractivity contribution in [3.63, 3.8) is 0 Å². The standard InChI is InChI=1S/C52H38N4/c1-32-16-20-47-40(24-32)41-25-33(2)17-21-48(41)55(47)51-30-39(38-28-44(36-12-8-6-9-13-36)54-45(29-38)37-14-10-7-11-15-37)46(53-5)31-52(51)56-49-22-18-34(3)26-42(49)43-27-35(4)19-23-50(43)56/h6-31H,1-4H3. The van der Waals surface area contributed by atoms with Crippen LogP contribution in [0.3, 0.4) is 0 Å². The number of rotatable bonds is 5. The van der Waals surface area contributed by atoms with Gasteiger partial charge in [-0.05, 0) is 112 Å². The third-order valence-corrected chi connectivity index (χ3v) is 11.1. The Hall–Kier alpha value is -7.22. The number of aromatic nitrogens is 3. The molecule has 0 aliphatic heterocycles. The van der Waals surface area contributed by atoms with Crippen LogP contribution in [0.15, 0.2) is 158 Å². The number of benzene rings is 7. The summed E-state index contributed by atoms with van der Waals surface area (Å²) in [5, 5.41) is 4.82. The molecule has 0 spiro atoms. The zero-order valence-corrected chi connectivity index (χ0v) is 31.8. The van der Waals surface area contributed by atoms with Gasteiger partial charge in [0.1, 0.15) is 0 Å². The van der Waals surface area contributed by atoms with Crippen molar-refractivity contribution in [2.75, 3.05) is 0 Å². The largest absolute Gasteiger partial charge is 0.308 e. The molecule has 266 valence electrons. The van der Waals surface area contributed by atoms with Gasteiger partial charge >= 0.3 is 0 Å². The average Bonchev–Trinajstić information content (AvgIpc) is 3.71. The van der Waals surface area contributed by atoms with Gasteiger partial charge in [-0.1, -0.05) is 107 Å². The fraction of sp³-hybridized carbons (Fsp3) is 0.0769. The molecule has 0 unspecified atom stereocenters. The van der Waals surface area contributed by atoms with Gasteiger partial charge in [-0.25, -0.2) is 9.83 Å². The summed E-state index contributed by atoms with van der Waals surface area (Å²) in [6.07, 6.45) is 0. The van der Waals surface area contributed by atoms with Crippen LogP contribution in [0.4, 0.5) is 5.69 Å². The first-order valence-electron chi connectivity index (χ1n) is 19.1. The van der Waals surface area contributed by atoms with E-state index in [-0.39, 0.29) is 0 Å². The van der Waals surface area contributed by atoms with Gasteiger partial charge in [0.2, 0.25) is 0 Å². The maximum Gasteiger partial charge on any atom is 0.197 e. The van der Waals surface area contributed by atoms with Crippen LogP contribution in [-0.4, -0.2) is 14.1 Å². The van der Waals surface area contributed by atoms with E-state index in [9.17, 15) is 0 Å². The summed E-state index contributed by atoms with van der Waals surface area (Å²) in [5.74, 6) is 0. The number of pyridine rings is 1. The van der Waals surface area contributed by atoms with Crippen LogP contribution in [0.5, 0.6) is 0 Å². The van der Waals surface area contributed by atoms with Gasteiger partial charge in [0.05, 0.1) is 51.4 Å². The van der Waals surface area contributed by atoms with E-state index >= 15 is 0 Å². The lowest BCUT2D eigenvalue weighted by atomic mass is 9.97. The highest BCUT2D eigenvalue weighted by molar-refractivity contribution is 6.12. The molecular formula is C52H38N4. The van der Waals surface area contributed by atoms with Gasteiger partial charge < -0.3 is 9.13 Å². The molecule has 0 radical (unpaired) electrons. The van der Waals surface area contributed by atoms with E-state index in [1.807, 2.05) is 36.4 Å². The minimum absolute atomic E-state index is 0.578. The van der Waals surface area contributed by atoms with Crippen molar-refractivity contribution < 1.29 is 0 Å². The van der Waals surface area contributed by atoms with Crippen molar-refractivity contribution in [2.24, 2.45) is 0 Å². The van der Waals surface area contributed by atoms with Crippen LogP contribution < -0.4 is 0 Å². The van der Waals surface area contributed by atoms with Gasteiger partial charge in [-0.2, -0.15) is 0 Å². The Labute approximate surface area is 326 Å². The van der Waals surface area contributed by atoms with Gasteiger partial charge in [0.25, 0.3) is 0 Å². The number of nitrogens with zero attached hydrogens (tertiary/aromatic N) is 4. The molecule has 0 saturated carbocycles. The van der Waals surface area contributed by atoms with Crippen LogP contribution >= 0.6 is 0 Å². The highest BCUT2D eigenvalue weighted by atomic mass is 15.1. The quantitative estimate of drug-likeness (QED) is 0.163. The predicted molar refractivity (Wildman–Crippen MR) is 234 cm³/mol. The number of aryl methyl sites for hydroxylation is 4. The summed E-state index contributed by atoms with van der Waals surface area (Å²) in [5.41, 5.74) is 17.4. The van der Waals surface area contributed by atoms with E-state index in [1.54, 1.807) is 0 Å². The summed E-state index contributed by atoms with van der Waals surface area (Å²) in [6.45, 7) is 17.3. The molecule has 0 aliphatic rings. The highest BCUT2D eigenvalue weighted by Gasteiger charge is 2.23. The second-order valence-corrected chi connectivity index (χ2v) is 15.1. The SMILES string of the molecule is [C-]#[N+]c1cc(-n2c3ccc(C)cc3c3cc(C)ccc32)c(-n2c3ccc(C)cc3c3cc(C)ccc32)cc1-c1cc(-c2ccccc2)nc(-c2ccccc2)c1. The molecule has 7 aromatic carbocycles. The van der Waals surface area contributed by atoms with Crippen LogP contribution in [0, 0.1) is 34.3 Å². The lowest BCUT2D eigenvalue weighted by Crippen LogP contribution is -2.04. The minimum Gasteiger partial charge on any atom is -0.308 e. The van der Waals surface area contributed by atoms with Crippen molar-refractivity contribution in [1.82, 2.24) is 14.1 Å². The summed E-state index contributed by atoms with van der Waals surface area (Å²) < 4.78 is 4.78. The third-order valence-electron chi connectivity index (χ3n) is 11.1. The van der Waals surface area contributed by atoms with Crippen molar-refractivity contribution in [3.05, 3.63) is 191 Å². The molecule has 3 aromatic heterocycles. The predicted octanol–water partition coefficient (Wildman–Crippen LogP) is 14.1. The van der Waals surface area contributed by atoms with Crippen LogP contribution in [0.1, 0.15) is 22.3 Å². The van der Waals surface area contributed by atoms with Crippen LogP contribution in [-0.2, 0) is 0 Å². The molecule has 0 aliphatic carbocycles. The maximum absolute atomic E-state index is 8.72. The Bertz CT molecular complexity index is 3050. The molecule has 3 heterocycles. The van der Waals surface area contributed by atoms with E-state index in [1.165, 1.54) is 43.8 Å². The highest BCUT2D eigenvalue weighted by Crippen LogP contribution is 2.44. The molecule has 0 N–H and O–H groups in total. The zero-order valence-electron chi connectivity index (χ0n) is 31.8. The molecule has 56 heavy (non-hydrogen) atoms. The van der Waals surface area contributed by atoms with E-state index < -0.39 is 0 Å². The second-order valence-electron chi connectivity index (χ2n) is 15.1. The molecule has 0 saturated heterocycles. The third kappa shape index (κ3) is 5.40. The Kier molecular flexibility index (Phi) is 7.73. The smallest absolute Gasteiger partial charge is 0.197 e. The Balaban J connectivity index is 1.36. The fourth-order valence-corrected chi connectivity index (χ4v) is 8.47. The van der Waals surface area contributed by atoms with Crippen LogP contribution in [0.2, 0.25) is 0 Å². The zero-order chi connectivity index (χ0) is 38.1. The van der Waals surface area contributed by atoms with Crippen molar-refractivity contribution in [1.29, 1.82) is 0 Å². The summed E-state index contributed by atoms with van der Waals surface area (Å²) in [4.78, 5) is 9.47. The molecule has 10 aromatic rings. The Morgan fingerprint density at radius 2 is 0.786 bits per heavy atom. The van der Waals surface area contributed by atoms with Gasteiger partial charge in [-0.3, -0.25) is 0 Å². The fourth-order valence-electron chi connectivity index (χ4n) is 8.47. The van der Waals surface area contributed by atoms with E-state index in [0.29, 0.717) is 5.69 Å². The number of hydrogen-bond donors (Lipinski definition) is 0. The summed E-state index contributed by atoms with van der Waals surface area (Å²) in [7, 11) is 0. The van der Waals surface area contributed by atoms with E-state index in [2.05, 4.69) is 163 Å². The topological polar surface area (TPSA) is 27.1 Å². The molecule has 4 heteroatoms. The number of fused-ring (bicyclic) bond motifs is 6. The van der Waals surface area contributed by atoms with Gasteiger partial charge in [0, 0.05) is 32.7 Å². The molecule has 0 bridgehead atoms. The second kappa shape index (κ2) is 13.0. The molecule has 4 nitrogen and oxygen atoms in total. The van der Waals surface area contributed by atoms with Crippen molar-refractivity contribution in [3.8, 4) is 45.0 Å². The first kappa shape index (κ1) is 33.4. The summed E-state index contributed by atoms with van der Waals surface area (Å²) >= 11 is 0. The summed E-state index contributed by atoms with van der Waals surface area (Å²) in [6, 6.07) is 56.2. The molecule has 0 fully saturated rings. The van der Waals surface area contributed by atoms with Crippen LogP contribution in [0.25, 0.3) is 93.5 Å². The molecule has 0 atom stereocenters. The average molecular weight is 719 g/mol. The maximum atomic E-state index is 8.72. The molecule has 0 amide bonds. The monoisotopic (exact) mass is 718 g/mol. The molecule has 10 rings (SSSR count). The van der Waals surface area contributed by atoms with Gasteiger partial charge in [-0.15, -0.1) is 0 Å². The van der Waals surface area contributed by atoms with Gasteiger partial charge in [0.15, 0.2) is 5.69 Å². The first-order valence-corrected chi connectivity index (χ1v) is 19.1. The first-order chi connectivity index (χ1) is 27.3. The van der Waals surface area contributed by atoms with E-state index in [0.717, 1.165) is 67.1 Å². The van der Waals surface area contributed by atoms with Crippen molar-refractivity contribution >= 4 is 49.3 Å². The molecular weight excluding hydrogens is 681 g/mol. The Morgan fingerprint density at radius 1 is 0.411 bits per heavy atom. The normalized spacial score (nSPS) is 11.6. The minimum atomic E-state index is 0.578. The Morgan fingerprint density at radius 3 is 1.16 bits per heavy atom.